The summed E-state index contributed by atoms with van der Waals surface area (Å²) in [7, 11) is 0. The van der Waals surface area contributed by atoms with E-state index in [0.717, 1.165) is 37.4 Å². The highest BCUT2D eigenvalue weighted by molar-refractivity contribution is 5.75. The van der Waals surface area contributed by atoms with Crippen LogP contribution in [0.5, 0.6) is 0 Å². The summed E-state index contributed by atoms with van der Waals surface area (Å²) >= 11 is 0. The van der Waals surface area contributed by atoms with Gasteiger partial charge in [0, 0.05) is 11.3 Å². The third-order valence-electron chi connectivity index (χ3n) is 6.49. The third-order valence-corrected chi connectivity index (χ3v) is 6.49. The van der Waals surface area contributed by atoms with Gasteiger partial charge >= 0.3 is 0 Å². The summed E-state index contributed by atoms with van der Waals surface area (Å²) in [4.78, 5) is 22.3. The van der Waals surface area contributed by atoms with Gasteiger partial charge in [0.25, 0.3) is 0 Å². The van der Waals surface area contributed by atoms with E-state index in [4.69, 9.17) is 0 Å². The van der Waals surface area contributed by atoms with Crippen molar-refractivity contribution in [3.63, 3.8) is 0 Å². The molecule has 3 heteroatoms. The van der Waals surface area contributed by atoms with E-state index in [1.807, 2.05) is 12.2 Å². The molecular weight excluding hydrogens is 288 g/mol. The van der Waals surface area contributed by atoms with Crippen molar-refractivity contribution in [2.45, 2.75) is 45.6 Å². The Balaban J connectivity index is 1.97. The predicted molar refractivity (Wildman–Crippen MR) is 89.6 cm³/mol. The standard InChI is InChI=1S/C20H26O3/c1-13(11-21)5-4-10-20(2)16-9-8-14-6-3-7-15(12-22)18(17(14)16)19(20)23/h4-5,7,10-12,14,16-19,23H,3,6,8-9H2,1-2H3/b10-4-,13-5+/t14-,16-,17+,18-,19+,20+/m0/s1. The Morgan fingerprint density at radius 3 is 2.78 bits per heavy atom. The van der Waals surface area contributed by atoms with Crippen molar-refractivity contribution in [2.75, 3.05) is 0 Å². The van der Waals surface area contributed by atoms with Gasteiger partial charge in [-0.1, -0.05) is 31.2 Å². The van der Waals surface area contributed by atoms with Crippen molar-refractivity contribution in [1.29, 1.82) is 0 Å². The normalized spacial score (nSPS) is 43.2. The van der Waals surface area contributed by atoms with Crippen LogP contribution in [0, 0.1) is 29.1 Å². The number of hydrogen-bond donors (Lipinski definition) is 1. The number of aliphatic hydroxyl groups is 1. The lowest BCUT2D eigenvalue weighted by atomic mass is 9.75. The Labute approximate surface area is 138 Å². The molecule has 3 rings (SSSR count). The second kappa shape index (κ2) is 6.20. The minimum absolute atomic E-state index is 0.0294. The van der Waals surface area contributed by atoms with Crippen LogP contribution < -0.4 is 0 Å². The largest absolute Gasteiger partial charge is 0.392 e. The lowest BCUT2D eigenvalue weighted by Gasteiger charge is -2.31. The number of aliphatic hydroxyl groups excluding tert-OH is 1. The van der Waals surface area contributed by atoms with Crippen LogP contribution in [0.25, 0.3) is 0 Å². The fourth-order valence-corrected chi connectivity index (χ4v) is 5.33. The van der Waals surface area contributed by atoms with Gasteiger partial charge in [0.05, 0.1) is 6.10 Å². The maximum Gasteiger partial charge on any atom is 0.146 e. The van der Waals surface area contributed by atoms with Gasteiger partial charge in [0.1, 0.15) is 12.6 Å². The Morgan fingerprint density at radius 2 is 2.09 bits per heavy atom. The number of hydrogen-bond acceptors (Lipinski definition) is 3. The van der Waals surface area contributed by atoms with Crippen LogP contribution in [0.2, 0.25) is 0 Å². The summed E-state index contributed by atoms with van der Waals surface area (Å²) in [6.07, 6.45) is 13.5. The van der Waals surface area contributed by atoms with E-state index in [1.165, 1.54) is 6.42 Å². The van der Waals surface area contributed by atoms with Crippen molar-refractivity contribution in [1.82, 2.24) is 0 Å². The number of carbonyl (C=O) groups is 2. The SMILES string of the molecule is C/C(C=O)=C\C=C/[C@@]1(C)[C@H](O)[C@H]2C(C=O)=CCC[C@H]3CC[C@H]1[C@@H]32. The molecule has 0 amide bonds. The minimum Gasteiger partial charge on any atom is -0.392 e. The van der Waals surface area contributed by atoms with E-state index in [2.05, 4.69) is 13.0 Å². The molecule has 0 aromatic rings. The monoisotopic (exact) mass is 314 g/mol. The molecule has 3 aliphatic carbocycles. The first-order valence-corrected chi connectivity index (χ1v) is 8.67. The molecule has 1 N–H and O–H groups in total. The summed E-state index contributed by atoms with van der Waals surface area (Å²) < 4.78 is 0. The smallest absolute Gasteiger partial charge is 0.146 e. The summed E-state index contributed by atoms with van der Waals surface area (Å²) in [5.74, 6) is 1.42. The van der Waals surface area contributed by atoms with Crippen LogP contribution in [-0.2, 0) is 9.59 Å². The van der Waals surface area contributed by atoms with Gasteiger partial charge in [0.15, 0.2) is 0 Å². The number of carbonyl (C=O) groups excluding carboxylic acids is 2. The van der Waals surface area contributed by atoms with E-state index in [9.17, 15) is 14.7 Å². The zero-order valence-electron chi connectivity index (χ0n) is 13.9. The molecule has 6 atom stereocenters. The van der Waals surface area contributed by atoms with Crippen LogP contribution in [0.1, 0.15) is 39.5 Å². The maximum absolute atomic E-state index is 11.5. The van der Waals surface area contributed by atoms with Crippen molar-refractivity contribution in [3.05, 3.63) is 35.5 Å². The lowest BCUT2D eigenvalue weighted by Crippen LogP contribution is -2.33. The second-order valence-electron chi connectivity index (χ2n) is 7.64. The number of rotatable bonds is 4. The van der Waals surface area contributed by atoms with Crippen LogP contribution in [0.3, 0.4) is 0 Å². The van der Waals surface area contributed by atoms with Gasteiger partial charge in [-0.2, -0.15) is 0 Å². The Kier molecular flexibility index (Phi) is 4.41. The topological polar surface area (TPSA) is 54.4 Å². The highest BCUT2D eigenvalue weighted by Gasteiger charge is 2.61. The van der Waals surface area contributed by atoms with Crippen molar-refractivity contribution < 1.29 is 14.7 Å². The van der Waals surface area contributed by atoms with Gasteiger partial charge in [-0.05, 0) is 61.5 Å². The fourth-order valence-electron chi connectivity index (χ4n) is 5.33. The fraction of sp³-hybridized carbons (Fsp3) is 0.600. The lowest BCUT2D eigenvalue weighted by molar-refractivity contribution is -0.106. The highest BCUT2D eigenvalue weighted by Crippen LogP contribution is 2.63. The van der Waals surface area contributed by atoms with Gasteiger partial charge in [0.2, 0.25) is 0 Å². The molecule has 0 aliphatic heterocycles. The van der Waals surface area contributed by atoms with Gasteiger partial charge in [-0.15, -0.1) is 0 Å². The van der Waals surface area contributed by atoms with Crippen LogP contribution >= 0.6 is 0 Å². The van der Waals surface area contributed by atoms with Gasteiger partial charge < -0.3 is 5.11 Å². The first-order chi connectivity index (χ1) is 11.0. The van der Waals surface area contributed by atoms with E-state index < -0.39 is 6.10 Å². The molecule has 0 aromatic heterocycles. The van der Waals surface area contributed by atoms with Crippen molar-refractivity contribution in [2.24, 2.45) is 29.1 Å². The molecule has 0 spiro atoms. The molecule has 0 aromatic carbocycles. The summed E-state index contributed by atoms with van der Waals surface area (Å²) in [5, 5.41) is 11.1. The van der Waals surface area contributed by atoms with E-state index in [-0.39, 0.29) is 11.3 Å². The van der Waals surface area contributed by atoms with Gasteiger partial charge in [-0.3, -0.25) is 9.59 Å². The van der Waals surface area contributed by atoms with Crippen molar-refractivity contribution in [3.8, 4) is 0 Å². The molecular formula is C20H26O3. The Morgan fingerprint density at radius 1 is 1.30 bits per heavy atom. The van der Waals surface area contributed by atoms with Crippen molar-refractivity contribution >= 4 is 12.6 Å². The van der Waals surface area contributed by atoms with E-state index in [1.54, 1.807) is 13.0 Å². The second-order valence-corrected chi connectivity index (χ2v) is 7.64. The van der Waals surface area contributed by atoms with E-state index in [0.29, 0.717) is 23.3 Å². The average Bonchev–Trinajstić information content (AvgIpc) is 2.97. The first kappa shape index (κ1) is 16.4. The maximum atomic E-state index is 11.5. The molecule has 0 unspecified atom stereocenters. The van der Waals surface area contributed by atoms with Crippen LogP contribution in [0.4, 0.5) is 0 Å². The zero-order valence-corrected chi connectivity index (χ0v) is 13.9. The molecule has 0 radical (unpaired) electrons. The molecule has 3 nitrogen and oxygen atoms in total. The third kappa shape index (κ3) is 2.55. The molecule has 0 saturated heterocycles. The zero-order chi connectivity index (χ0) is 16.6. The minimum atomic E-state index is -0.531. The first-order valence-electron chi connectivity index (χ1n) is 8.67. The molecule has 0 heterocycles. The van der Waals surface area contributed by atoms with Crippen LogP contribution in [0.15, 0.2) is 35.5 Å². The van der Waals surface area contributed by atoms with Gasteiger partial charge in [-0.25, -0.2) is 0 Å². The Bertz CT molecular complexity index is 586. The molecule has 0 bridgehead atoms. The Hall–Kier alpha value is -1.48. The molecule has 3 aliphatic rings. The highest BCUT2D eigenvalue weighted by atomic mass is 16.3. The summed E-state index contributed by atoms with van der Waals surface area (Å²) in [6, 6.07) is 0. The molecule has 23 heavy (non-hydrogen) atoms. The average molecular weight is 314 g/mol. The number of allylic oxidation sites excluding steroid dienone is 4. The molecule has 2 fully saturated rings. The molecule has 2 saturated carbocycles. The van der Waals surface area contributed by atoms with E-state index >= 15 is 0 Å². The predicted octanol–water partition coefficient (Wildman–Crippen LogP) is 3.25. The molecule has 124 valence electrons. The summed E-state index contributed by atoms with van der Waals surface area (Å²) in [6.45, 7) is 3.88. The van der Waals surface area contributed by atoms with Crippen LogP contribution in [-0.4, -0.2) is 23.8 Å². The number of aldehydes is 2. The summed E-state index contributed by atoms with van der Waals surface area (Å²) in [5.41, 5.74) is 1.14. The quantitative estimate of drug-likeness (QED) is 0.492.